The maximum atomic E-state index is 12.2. The van der Waals surface area contributed by atoms with Gasteiger partial charge in [-0.1, -0.05) is 18.2 Å². The lowest BCUT2D eigenvalue weighted by atomic mass is 9.96. The fourth-order valence-corrected chi connectivity index (χ4v) is 3.94. The lowest BCUT2D eigenvalue weighted by molar-refractivity contribution is -0.140. The average molecular weight is 322 g/mol. The summed E-state index contributed by atoms with van der Waals surface area (Å²) in [6, 6.07) is 8.27. The smallest absolute Gasteiger partial charge is 0.252 e. The average Bonchev–Trinajstić information content (AvgIpc) is 2.53. The van der Waals surface area contributed by atoms with Crippen molar-refractivity contribution in [2.45, 2.75) is 32.3 Å². The number of para-hydroxylation sites is 1. The van der Waals surface area contributed by atoms with Crippen LogP contribution in [0.1, 0.15) is 25.3 Å². The molecule has 22 heavy (non-hydrogen) atoms. The summed E-state index contributed by atoms with van der Waals surface area (Å²) in [6.45, 7) is 6.40. The fourth-order valence-electron chi connectivity index (χ4n) is 2.77. The van der Waals surface area contributed by atoms with Crippen molar-refractivity contribution in [2.24, 2.45) is 0 Å². The highest BCUT2D eigenvalue weighted by Gasteiger charge is 2.37. The normalized spacial score (nSPS) is 17.0. The first-order valence-electron chi connectivity index (χ1n) is 7.96. The molecule has 2 N–H and O–H groups in total. The van der Waals surface area contributed by atoms with Crippen LogP contribution in [-0.4, -0.2) is 47.8 Å². The van der Waals surface area contributed by atoms with Crippen LogP contribution in [0.2, 0.25) is 0 Å². The third-order valence-corrected chi connectivity index (χ3v) is 5.23. The zero-order valence-corrected chi connectivity index (χ0v) is 14.3. The van der Waals surface area contributed by atoms with Crippen molar-refractivity contribution in [1.29, 1.82) is 0 Å². The van der Waals surface area contributed by atoms with Gasteiger partial charge in [0.25, 0.3) is 5.91 Å². The molecule has 1 saturated heterocycles. The number of aliphatic hydroxyl groups is 1. The van der Waals surface area contributed by atoms with Crippen LogP contribution >= 0.6 is 11.8 Å². The number of hydrogen-bond acceptors (Lipinski definition) is 4. The number of carbonyl (C=O) groups is 1. The maximum Gasteiger partial charge on any atom is 0.252 e. The van der Waals surface area contributed by atoms with Gasteiger partial charge in [-0.2, -0.15) is 11.8 Å². The van der Waals surface area contributed by atoms with Gasteiger partial charge in [-0.3, -0.25) is 4.79 Å². The summed E-state index contributed by atoms with van der Waals surface area (Å²) in [4.78, 5) is 14.5. The topological polar surface area (TPSA) is 52.6 Å². The minimum absolute atomic E-state index is 0.214. The Bertz CT molecular complexity index is 501. The molecule has 0 spiro atoms. The number of nitrogens with one attached hydrogen (secondary N) is 1. The molecule has 0 radical (unpaired) electrons. The summed E-state index contributed by atoms with van der Waals surface area (Å²) in [7, 11) is 0. The second kappa shape index (κ2) is 7.88. The molecule has 1 aliphatic heterocycles. The molecule has 0 unspecified atom stereocenters. The summed E-state index contributed by atoms with van der Waals surface area (Å²) in [5.74, 6) is 1.50. The predicted octanol–water partition coefficient (Wildman–Crippen LogP) is 2.20. The predicted molar refractivity (Wildman–Crippen MR) is 93.6 cm³/mol. The van der Waals surface area contributed by atoms with Crippen molar-refractivity contribution >= 4 is 23.4 Å². The summed E-state index contributed by atoms with van der Waals surface area (Å²) >= 11 is 1.80. The van der Waals surface area contributed by atoms with Gasteiger partial charge in [0.1, 0.15) is 5.60 Å². The van der Waals surface area contributed by atoms with Crippen molar-refractivity contribution in [3.05, 3.63) is 29.8 Å². The Labute approximate surface area is 137 Å². The highest BCUT2D eigenvalue weighted by molar-refractivity contribution is 7.99. The molecule has 2 rings (SSSR count). The van der Waals surface area contributed by atoms with Crippen LogP contribution in [0.5, 0.6) is 0 Å². The molecule has 0 atom stereocenters. The van der Waals surface area contributed by atoms with Gasteiger partial charge < -0.3 is 15.3 Å². The van der Waals surface area contributed by atoms with Crippen LogP contribution in [-0.2, 0) is 4.79 Å². The van der Waals surface area contributed by atoms with E-state index in [9.17, 15) is 9.90 Å². The molecule has 1 aliphatic rings. The van der Waals surface area contributed by atoms with E-state index in [1.165, 1.54) is 11.3 Å². The standard InChI is InChI=1S/C17H26N2O2S/c1-3-19(15-7-5-4-6-14(15)2)11-10-18-16(20)17(21)8-12-22-13-9-17/h4-7,21H,3,8-13H2,1-2H3,(H,18,20). The van der Waals surface area contributed by atoms with E-state index in [4.69, 9.17) is 0 Å². The number of nitrogens with zero attached hydrogens (tertiary/aromatic N) is 1. The number of carbonyl (C=O) groups excluding carboxylic acids is 1. The Hall–Kier alpha value is -1.20. The highest BCUT2D eigenvalue weighted by atomic mass is 32.2. The second-order valence-corrected chi connectivity index (χ2v) is 6.99. The van der Waals surface area contributed by atoms with Crippen LogP contribution in [0.3, 0.4) is 0 Å². The number of hydrogen-bond donors (Lipinski definition) is 2. The first-order chi connectivity index (χ1) is 10.6. The van der Waals surface area contributed by atoms with Crippen LogP contribution in [0, 0.1) is 6.92 Å². The van der Waals surface area contributed by atoms with Gasteiger partial charge in [0.15, 0.2) is 0 Å². The molecule has 0 aliphatic carbocycles. The molecule has 1 heterocycles. The molecule has 1 aromatic rings. The Kier molecular flexibility index (Phi) is 6.15. The first kappa shape index (κ1) is 17.2. The maximum absolute atomic E-state index is 12.2. The van der Waals surface area contributed by atoms with E-state index in [1.807, 2.05) is 12.1 Å². The van der Waals surface area contributed by atoms with Crippen molar-refractivity contribution in [2.75, 3.05) is 36.0 Å². The number of rotatable bonds is 6. The summed E-state index contributed by atoms with van der Waals surface area (Å²) in [6.07, 6.45) is 1.11. The second-order valence-electron chi connectivity index (χ2n) is 5.77. The molecule has 1 amide bonds. The van der Waals surface area contributed by atoms with Crippen LogP contribution < -0.4 is 10.2 Å². The lowest BCUT2D eigenvalue weighted by Crippen LogP contribution is -2.50. The van der Waals surface area contributed by atoms with Gasteiger partial charge in [0.05, 0.1) is 0 Å². The van der Waals surface area contributed by atoms with Crippen molar-refractivity contribution < 1.29 is 9.90 Å². The molecule has 0 aromatic heterocycles. The molecule has 0 bridgehead atoms. The molecule has 5 heteroatoms. The Balaban J connectivity index is 1.86. The van der Waals surface area contributed by atoms with Crippen molar-refractivity contribution in [3.8, 4) is 0 Å². The number of amides is 1. The monoisotopic (exact) mass is 322 g/mol. The third-order valence-electron chi connectivity index (χ3n) is 4.25. The molecule has 1 aromatic carbocycles. The first-order valence-corrected chi connectivity index (χ1v) is 9.11. The van der Waals surface area contributed by atoms with Gasteiger partial charge in [0, 0.05) is 25.3 Å². The minimum Gasteiger partial charge on any atom is -0.380 e. The van der Waals surface area contributed by atoms with E-state index in [-0.39, 0.29) is 5.91 Å². The Morgan fingerprint density at radius 3 is 2.68 bits per heavy atom. The quantitative estimate of drug-likeness (QED) is 0.843. The van der Waals surface area contributed by atoms with E-state index >= 15 is 0 Å². The molecule has 122 valence electrons. The number of aryl methyl sites for hydroxylation is 1. The fraction of sp³-hybridized carbons (Fsp3) is 0.588. The number of thioether (sulfide) groups is 1. The van der Waals surface area contributed by atoms with Gasteiger partial charge in [-0.25, -0.2) is 0 Å². The number of anilines is 1. The van der Waals surface area contributed by atoms with Crippen molar-refractivity contribution in [3.63, 3.8) is 0 Å². The number of benzene rings is 1. The third kappa shape index (κ3) is 4.17. The summed E-state index contributed by atoms with van der Waals surface area (Å²) in [5.41, 5.74) is 1.27. The van der Waals surface area contributed by atoms with E-state index in [0.29, 0.717) is 19.4 Å². The molecule has 4 nitrogen and oxygen atoms in total. The van der Waals surface area contributed by atoms with Crippen LogP contribution in [0.15, 0.2) is 24.3 Å². The SMILES string of the molecule is CCN(CCNC(=O)C1(O)CCSCC1)c1ccccc1C. The molecule has 0 saturated carbocycles. The number of likely N-dealkylation sites (N-methyl/N-ethyl adjacent to an activating group) is 1. The van der Waals surface area contributed by atoms with Crippen LogP contribution in [0.25, 0.3) is 0 Å². The Morgan fingerprint density at radius 1 is 1.36 bits per heavy atom. The van der Waals surface area contributed by atoms with Crippen LogP contribution in [0.4, 0.5) is 5.69 Å². The van der Waals surface area contributed by atoms with Gasteiger partial charge in [-0.15, -0.1) is 0 Å². The highest BCUT2D eigenvalue weighted by Crippen LogP contribution is 2.27. The van der Waals surface area contributed by atoms with E-state index < -0.39 is 5.60 Å². The van der Waals surface area contributed by atoms with Gasteiger partial charge in [-0.05, 0) is 49.8 Å². The van der Waals surface area contributed by atoms with E-state index in [2.05, 4.69) is 36.2 Å². The largest absolute Gasteiger partial charge is 0.380 e. The van der Waals surface area contributed by atoms with E-state index in [0.717, 1.165) is 24.6 Å². The molecular weight excluding hydrogens is 296 g/mol. The zero-order chi connectivity index (χ0) is 16.0. The van der Waals surface area contributed by atoms with Gasteiger partial charge in [0.2, 0.25) is 0 Å². The lowest BCUT2D eigenvalue weighted by Gasteiger charge is -2.31. The van der Waals surface area contributed by atoms with Gasteiger partial charge >= 0.3 is 0 Å². The summed E-state index contributed by atoms with van der Waals surface area (Å²) in [5, 5.41) is 13.3. The molecule has 1 fully saturated rings. The Morgan fingerprint density at radius 2 is 2.05 bits per heavy atom. The minimum atomic E-state index is -1.16. The molecular formula is C17H26N2O2S. The van der Waals surface area contributed by atoms with E-state index in [1.54, 1.807) is 11.8 Å². The summed E-state index contributed by atoms with van der Waals surface area (Å²) < 4.78 is 0. The zero-order valence-electron chi connectivity index (χ0n) is 13.5. The van der Waals surface area contributed by atoms with Crippen molar-refractivity contribution in [1.82, 2.24) is 5.32 Å².